The van der Waals surface area contributed by atoms with E-state index in [-0.39, 0.29) is 29.1 Å². The topological polar surface area (TPSA) is 103 Å². The molecule has 8 nitrogen and oxygen atoms in total. The first kappa shape index (κ1) is 21.1. The number of methoxy groups -OCH3 is 1. The molecule has 2 amide bonds. The molecule has 0 aromatic heterocycles. The lowest BCUT2D eigenvalue weighted by Gasteiger charge is -2.34. The van der Waals surface area contributed by atoms with Crippen LogP contribution in [-0.4, -0.2) is 62.0 Å². The van der Waals surface area contributed by atoms with Crippen LogP contribution in [0.2, 0.25) is 5.02 Å². The van der Waals surface area contributed by atoms with Crippen LogP contribution in [0.25, 0.3) is 0 Å². The van der Waals surface area contributed by atoms with E-state index in [1.807, 2.05) is 20.8 Å². The van der Waals surface area contributed by atoms with E-state index >= 15 is 0 Å². The Morgan fingerprint density at radius 2 is 2.11 bits per heavy atom. The second-order valence-electron chi connectivity index (χ2n) is 7.20. The maximum Gasteiger partial charge on any atom is 0.410 e. The third-order valence-corrected chi connectivity index (χ3v) is 4.17. The van der Waals surface area contributed by atoms with Gasteiger partial charge in [0.15, 0.2) is 0 Å². The Labute approximate surface area is 163 Å². The number of nitrogens with one attached hydrogen (secondary N) is 1. The molecule has 1 unspecified atom stereocenters. The SMILES string of the molecule is COc1cc(N)c(Cl)cc1C(=O)NCC1CN(C(=O)OC(C)(C)C)CCO1. The fraction of sp³-hybridized carbons (Fsp3) is 0.556. The third-order valence-electron chi connectivity index (χ3n) is 3.84. The maximum atomic E-state index is 12.5. The molecule has 27 heavy (non-hydrogen) atoms. The largest absolute Gasteiger partial charge is 0.496 e. The quantitative estimate of drug-likeness (QED) is 0.753. The van der Waals surface area contributed by atoms with Crippen LogP contribution in [-0.2, 0) is 9.47 Å². The number of morpholine rings is 1. The van der Waals surface area contributed by atoms with Crippen LogP contribution >= 0.6 is 11.6 Å². The van der Waals surface area contributed by atoms with Gasteiger partial charge in [-0.3, -0.25) is 4.79 Å². The highest BCUT2D eigenvalue weighted by Crippen LogP contribution is 2.28. The second-order valence-corrected chi connectivity index (χ2v) is 7.61. The first-order valence-corrected chi connectivity index (χ1v) is 8.99. The lowest BCUT2D eigenvalue weighted by molar-refractivity contribution is -0.0404. The van der Waals surface area contributed by atoms with Crippen LogP contribution < -0.4 is 15.8 Å². The number of halogens is 1. The minimum Gasteiger partial charge on any atom is -0.496 e. The predicted molar refractivity (Wildman–Crippen MR) is 102 cm³/mol. The van der Waals surface area contributed by atoms with Crippen LogP contribution in [0.15, 0.2) is 12.1 Å². The van der Waals surface area contributed by atoms with Crippen molar-refractivity contribution < 1.29 is 23.8 Å². The minimum absolute atomic E-state index is 0.225. The molecule has 1 fully saturated rings. The van der Waals surface area contributed by atoms with Gasteiger partial charge in [-0.15, -0.1) is 0 Å². The maximum absolute atomic E-state index is 12.5. The van der Waals surface area contributed by atoms with Crippen LogP contribution in [0.5, 0.6) is 5.75 Å². The minimum atomic E-state index is -0.565. The molecular weight excluding hydrogens is 374 g/mol. The van der Waals surface area contributed by atoms with E-state index in [4.69, 9.17) is 31.5 Å². The lowest BCUT2D eigenvalue weighted by Crippen LogP contribution is -2.50. The van der Waals surface area contributed by atoms with Gasteiger partial charge in [-0.05, 0) is 26.8 Å². The number of rotatable bonds is 4. The van der Waals surface area contributed by atoms with Gasteiger partial charge in [0.1, 0.15) is 11.4 Å². The molecule has 1 aliphatic heterocycles. The van der Waals surface area contributed by atoms with E-state index in [0.717, 1.165) is 0 Å². The summed E-state index contributed by atoms with van der Waals surface area (Å²) >= 11 is 6.00. The van der Waals surface area contributed by atoms with Crippen molar-refractivity contribution in [3.8, 4) is 5.75 Å². The van der Waals surface area contributed by atoms with Gasteiger partial charge in [0, 0.05) is 19.2 Å². The highest BCUT2D eigenvalue weighted by Gasteiger charge is 2.28. The van der Waals surface area contributed by atoms with E-state index in [1.54, 1.807) is 4.90 Å². The summed E-state index contributed by atoms with van der Waals surface area (Å²) in [4.78, 5) is 26.2. The molecule has 9 heteroatoms. The van der Waals surface area contributed by atoms with Crippen molar-refractivity contribution >= 4 is 29.3 Å². The summed E-state index contributed by atoms with van der Waals surface area (Å²) in [6.45, 7) is 6.81. The summed E-state index contributed by atoms with van der Waals surface area (Å²) in [5, 5.41) is 3.05. The van der Waals surface area contributed by atoms with Crippen LogP contribution in [0.1, 0.15) is 31.1 Å². The standard InChI is InChI=1S/C18H26ClN3O5/c1-18(2,3)27-17(24)22-5-6-26-11(10-22)9-21-16(23)12-7-13(19)14(20)8-15(12)25-4/h7-8,11H,5-6,9-10,20H2,1-4H3,(H,21,23). The number of ether oxygens (including phenoxy) is 3. The number of carbonyl (C=O) groups excluding carboxylic acids is 2. The van der Waals surface area contributed by atoms with Gasteiger partial charge in [0.05, 0.1) is 42.6 Å². The first-order chi connectivity index (χ1) is 12.6. The van der Waals surface area contributed by atoms with Crippen LogP contribution in [0, 0.1) is 0 Å². The smallest absolute Gasteiger partial charge is 0.410 e. The lowest BCUT2D eigenvalue weighted by atomic mass is 10.1. The van der Waals surface area contributed by atoms with Crippen molar-refractivity contribution in [2.45, 2.75) is 32.5 Å². The second kappa shape index (κ2) is 8.67. The number of anilines is 1. The summed E-state index contributed by atoms with van der Waals surface area (Å²) in [5.41, 5.74) is 5.77. The fourth-order valence-corrected chi connectivity index (χ4v) is 2.72. The Morgan fingerprint density at radius 3 is 2.74 bits per heavy atom. The fourth-order valence-electron chi connectivity index (χ4n) is 2.55. The zero-order valence-corrected chi connectivity index (χ0v) is 16.8. The van der Waals surface area contributed by atoms with Crippen molar-refractivity contribution in [1.82, 2.24) is 10.2 Å². The highest BCUT2D eigenvalue weighted by atomic mass is 35.5. The number of nitrogens with zero attached hydrogens (tertiary/aromatic N) is 1. The van der Waals surface area contributed by atoms with Gasteiger partial charge in [-0.2, -0.15) is 0 Å². The van der Waals surface area contributed by atoms with Crippen molar-refractivity contribution in [3.05, 3.63) is 22.7 Å². The number of hydrogen-bond acceptors (Lipinski definition) is 6. The molecule has 1 atom stereocenters. The van der Waals surface area contributed by atoms with E-state index in [0.29, 0.717) is 31.1 Å². The number of nitrogens with two attached hydrogens (primary N) is 1. The molecule has 0 spiro atoms. The molecule has 0 radical (unpaired) electrons. The molecule has 0 saturated carbocycles. The molecule has 2 rings (SSSR count). The molecule has 0 bridgehead atoms. The molecule has 0 aliphatic carbocycles. The van der Waals surface area contributed by atoms with Crippen LogP contribution in [0.3, 0.4) is 0 Å². The Morgan fingerprint density at radius 1 is 1.41 bits per heavy atom. The third kappa shape index (κ3) is 5.90. The van der Waals surface area contributed by atoms with Gasteiger partial charge >= 0.3 is 6.09 Å². The van der Waals surface area contributed by atoms with E-state index < -0.39 is 11.7 Å². The van der Waals surface area contributed by atoms with E-state index in [9.17, 15) is 9.59 Å². The highest BCUT2D eigenvalue weighted by molar-refractivity contribution is 6.33. The average molecular weight is 400 g/mol. The summed E-state index contributed by atoms with van der Waals surface area (Å²) in [7, 11) is 1.45. The monoisotopic (exact) mass is 399 g/mol. The van der Waals surface area contributed by atoms with Crippen molar-refractivity contribution in [1.29, 1.82) is 0 Å². The molecular formula is C18H26ClN3O5. The predicted octanol–water partition coefficient (Wildman–Crippen LogP) is 2.30. The summed E-state index contributed by atoms with van der Waals surface area (Å²) < 4.78 is 16.2. The number of benzene rings is 1. The van der Waals surface area contributed by atoms with Gasteiger partial charge < -0.3 is 30.2 Å². The summed E-state index contributed by atoms with van der Waals surface area (Å²) in [6, 6.07) is 2.96. The van der Waals surface area contributed by atoms with Crippen molar-refractivity contribution in [2.75, 3.05) is 39.1 Å². The molecule has 1 aliphatic rings. The Hall–Kier alpha value is -2.19. The number of hydrogen-bond donors (Lipinski definition) is 2. The zero-order chi connectivity index (χ0) is 20.2. The Kier molecular flexibility index (Phi) is 6.78. The molecule has 3 N–H and O–H groups in total. The normalized spacial score (nSPS) is 17.4. The number of amides is 2. The Bertz CT molecular complexity index is 705. The van der Waals surface area contributed by atoms with Gasteiger partial charge in [0.2, 0.25) is 0 Å². The van der Waals surface area contributed by atoms with Gasteiger partial charge in [-0.1, -0.05) is 11.6 Å². The molecule has 1 aromatic carbocycles. The van der Waals surface area contributed by atoms with Crippen molar-refractivity contribution in [2.24, 2.45) is 0 Å². The molecule has 1 aromatic rings. The first-order valence-electron chi connectivity index (χ1n) is 8.61. The van der Waals surface area contributed by atoms with Crippen molar-refractivity contribution in [3.63, 3.8) is 0 Å². The average Bonchev–Trinajstić information content (AvgIpc) is 2.60. The number of carbonyl (C=O) groups is 2. The van der Waals surface area contributed by atoms with Gasteiger partial charge in [0.25, 0.3) is 5.91 Å². The Balaban J connectivity index is 1.95. The van der Waals surface area contributed by atoms with E-state index in [2.05, 4.69) is 5.32 Å². The van der Waals surface area contributed by atoms with E-state index in [1.165, 1.54) is 19.2 Å². The van der Waals surface area contributed by atoms with Crippen LogP contribution in [0.4, 0.5) is 10.5 Å². The molecule has 150 valence electrons. The zero-order valence-electron chi connectivity index (χ0n) is 16.0. The van der Waals surface area contributed by atoms with Gasteiger partial charge in [-0.25, -0.2) is 4.79 Å². The molecule has 1 heterocycles. The number of nitrogen functional groups attached to an aromatic ring is 1. The molecule has 1 saturated heterocycles. The summed E-state index contributed by atoms with van der Waals surface area (Å²) in [5.74, 6) is -0.0407. The summed E-state index contributed by atoms with van der Waals surface area (Å²) in [6.07, 6.45) is -0.737.